The standard InChI is InChI=1S/C15H22N2O2/c1-17(10-7-13-8-11-19-12-9-13)15(18)16-14-5-3-2-4-6-14/h2-6,13H,7-12H2,1H3,(H,16,18). The number of carbonyl (C=O) groups excluding carboxylic acids is 1. The predicted octanol–water partition coefficient (Wildman–Crippen LogP) is 2.97. The van der Waals surface area contributed by atoms with Crippen LogP contribution in [-0.4, -0.2) is 37.7 Å². The van der Waals surface area contributed by atoms with Gasteiger partial charge in [-0.05, 0) is 37.3 Å². The number of hydrogen-bond acceptors (Lipinski definition) is 2. The van der Waals surface area contributed by atoms with Gasteiger partial charge in [0, 0.05) is 32.5 Å². The number of rotatable bonds is 4. The van der Waals surface area contributed by atoms with E-state index in [0.29, 0.717) is 5.92 Å². The summed E-state index contributed by atoms with van der Waals surface area (Å²) in [7, 11) is 1.84. The molecule has 1 aliphatic heterocycles. The van der Waals surface area contributed by atoms with Gasteiger partial charge in [-0.1, -0.05) is 18.2 Å². The Kier molecular flexibility index (Phi) is 5.21. The molecular formula is C15H22N2O2. The van der Waals surface area contributed by atoms with Crippen molar-refractivity contribution < 1.29 is 9.53 Å². The fourth-order valence-corrected chi connectivity index (χ4v) is 2.25. The van der Waals surface area contributed by atoms with Gasteiger partial charge >= 0.3 is 6.03 Å². The fraction of sp³-hybridized carbons (Fsp3) is 0.533. The molecule has 1 fully saturated rings. The van der Waals surface area contributed by atoms with Crippen LogP contribution in [0.3, 0.4) is 0 Å². The normalized spacial score (nSPS) is 16.1. The number of hydrogen-bond donors (Lipinski definition) is 1. The molecule has 0 unspecified atom stereocenters. The highest BCUT2D eigenvalue weighted by molar-refractivity contribution is 5.89. The second-order valence-electron chi connectivity index (χ2n) is 5.06. The fourth-order valence-electron chi connectivity index (χ4n) is 2.25. The maximum Gasteiger partial charge on any atom is 0.321 e. The highest BCUT2D eigenvalue weighted by Gasteiger charge is 2.16. The number of benzene rings is 1. The Balaban J connectivity index is 1.73. The maximum atomic E-state index is 12.0. The molecule has 0 atom stereocenters. The maximum absolute atomic E-state index is 12.0. The minimum atomic E-state index is -0.0433. The van der Waals surface area contributed by atoms with Crippen LogP contribution < -0.4 is 5.32 Å². The molecule has 4 nitrogen and oxygen atoms in total. The van der Waals surface area contributed by atoms with Crippen LogP contribution in [0.2, 0.25) is 0 Å². The van der Waals surface area contributed by atoms with Crippen molar-refractivity contribution >= 4 is 11.7 Å². The molecule has 2 amide bonds. The third kappa shape index (κ3) is 4.56. The van der Waals surface area contributed by atoms with E-state index >= 15 is 0 Å². The molecule has 0 aromatic heterocycles. The van der Waals surface area contributed by atoms with Gasteiger partial charge < -0.3 is 15.0 Å². The highest BCUT2D eigenvalue weighted by Crippen LogP contribution is 2.18. The van der Waals surface area contributed by atoms with Gasteiger partial charge in [-0.3, -0.25) is 0 Å². The molecule has 0 saturated carbocycles. The van der Waals surface area contributed by atoms with Crippen LogP contribution in [0.5, 0.6) is 0 Å². The number of nitrogens with zero attached hydrogens (tertiary/aromatic N) is 1. The molecule has 1 aliphatic rings. The first-order valence-corrected chi connectivity index (χ1v) is 6.90. The Morgan fingerprint density at radius 1 is 1.32 bits per heavy atom. The number of carbonyl (C=O) groups is 1. The summed E-state index contributed by atoms with van der Waals surface area (Å²) >= 11 is 0. The van der Waals surface area contributed by atoms with Gasteiger partial charge in [-0.25, -0.2) is 4.79 Å². The number of ether oxygens (including phenoxy) is 1. The minimum Gasteiger partial charge on any atom is -0.381 e. The smallest absolute Gasteiger partial charge is 0.321 e. The van der Waals surface area contributed by atoms with Crippen LogP contribution in [0.15, 0.2) is 30.3 Å². The summed E-state index contributed by atoms with van der Waals surface area (Å²) in [5.74, 6) is 0.695. The molecule has 1 aromatic rings. The number of amides is 2. The van der Waals surface area contributed by atoms with E-state index in [1.54, 1.807) is 4.90 Å². The van der Waals surface area contributed by atoms with E-state index in [2.05, 4.69) is 5.32 Å². The van der Waals surface area contributed by atoms with Crippen molar-refractivity contribution in [2.24, 2.45) is 5.92 Å². The van der Waals surface area contributed by atoms with Gasteiger partial charge in [0.15, 0.2) is 0 Å². The van der Waals surface area contributed by atoms with Crippen molar-refractivity contribution in [3.63, 3.8) is 0 Å². The lowest BCUT2D eigenvalue weighted by Gasteiger charge is -2.25. The number of nitrogens with one attached hydrogen (secondary N) is 1. The van der Waals surface area contributed by atoms with E-state index in [0.717, 1.165) is 44.7 Å². The second kappa shape index (κ2) is 7.14. The summed E-state index contributed by atoms with van der Waals surface area (Å²) in [6.45, 7) is 2.53. The summed E-state index contributed by atoms with van der Waals surface area (Å²) in [6, 6.07) is 9.51. The third-order valence-corrected chi connectivity index (χ3v) is 3.59. The average molecular weight is 262 g/mol. The summed E-state index contributed by atoms with van der Waals surface area (Å²) in [4.78, 5) is 13.7. The largest absolute Gasteiger partial charge is 0.381 e. The van der Waals surface area contributed by atoms with E-state index in [1.807, 2.05) is 37.4 Å². The zero-order valence-corrected chi connectivity index (χ0v) is 11.5. The first-order chi connectivity index (χ1) is 9.25. The quantitative estimate of drug-likeness (QED) is 0.906. The molecule has 19 heavy (non-hydrogen) atoms. The molecule has 0 spiro atoms. The van der Waals surface area contributed by atoms with E-state index in [4.69, 9.17) is 4.74 Å². The van der Waals surface area contributed by atoms with Crippen molar-refractivity contribution in [2.75, 3.05) is 32.1 Å². The highest BCUT2D eigenvalue weighted by atomic mass is 16.5. The Hall–Kier alpha value is -1.55. The summed E-state index contributed by atoms with van der Waals surface area (Å²) in [6.07, 6.45) is 3.30. The molecule has 4 heteroatoms. The van der Waals surface area contributed by atoms with Crippen LogP contribution >= 0.6 is 0 Å². The Morgan fingerprint density at radius 2 is 2.00 bits per heavy atom. The van der Waals surface area contributed by atoms with Gasteiger partial charge in [-0.15, -0.1) is 0 Å². The lowest BCUT2D eigenvalue weighted by Crippen LogP contribution is -2.33. The zero-order valence-electron chi connectivity index (χ0n) is 11.5. The molecule has 2 rings (SSSR count). The lowest BCUT2D eigenvalue weighted by atomic mass is 9.96. The molecule has 1 heterocycles. The summed E-state index contributed by atoms with van der Waals surface area (Å²) in [5, 5.41) is 2.89. The number of urea groups is 1. The monoisotopic (exact) mass is 262 g/mol. The zero-order chi connectivity index (χ0) is 13.5. The first-order valence-electron chi connectivity index (χ1n) is 6.90. The molecule has 1 N–H and O–H groups in total. The first kappa shape index (κ1) is 13.9. The van der Waals surface area contributed by atoms with Gasteiger partial charge in [0.2, 0.25) is 0 Å². The Bertz CT molecular complexity index is 388. The van der Waals surface area contributed by atoms with Gasteiger partial charge in [0.1, 0.15) is 0 Å². The van der Waals surface area contributed by atoms with Gasteiger partial charge in [0.25, 0.3) is 0 Å². The SMILES string of the molecule is CN(CCC1CCOCC1)C(=O)Nc1ccccc1. The van der Waals surface area contributed by atoms with E-state index in [-0.39, 0.29) is 6.03 Å². The predicted molar refractivity (Wildman–Crippen MR) is 76.3 cm³/mol. The lowest BCUT2D eigenvalue weighted by molar-refractivity contribution is 0.0621. The molecule has 104 valence electrons. The molecule has 0 radical (unpaired) electrons. The molecule has 0 aliphatic carbocycles. The van der Waals surface area contributed by atoms with Crippen LogP contribution in [0, 0.1) is 5.92 Å². The van der Waals surface area contributed by atoms with Crippen molar-refractivity contribution in [3.8, 4) is 0 Å². The van der Waals surface area contributed by atoms with E-state index in [1.165, 1.54) is 0 Å². The Labute approximate surface area is 114 Å². The Morgan fingerprint density at radius 3 is 2.68 bits per heavy atom. The second-order valence-corrected chi connectivity index (χ2v) is 5.06. The average Bonchev–Trinajstić information content (AvgIpc) is 2.47. The molecule has 0 bridgehead atoms. The number of anilines is 1. The summed E-state index contributed by atoms with van der Waals surface area (Å²) < 4.78 is 5.34. The van der Waals surface area contributed by atoms with E-state index in [9.17, 15) is 4.79 Å². The number of para-hydroxylation sites is 1. The van der Waals surface area contributed by atoms with Crippen molar-refractivity contribution in [3.05, 3.63) is 30.3 Å². The van der Waals surface area contributed by atoms with Gasteiger partial charge in [0.05, 0.1) is 0 Å². The van der Waals surface area contributed by atoms with E-state index < -0.39 is 0 Å². The third-order valence-electron chi connectivity index (χ3n) is 3.59. The van der Waals surface area contributed by atoms with Crippen LogP contribution in [0.25, 0.3) is 0 Å². The van der Waals surface area contributed by atoms with Crippen molar-refractivity contribution in [2.45, 2.75) is 19.3 Å². The topological polar surface area (TPSA) is 41.6 Å². The summed E-state index contributed by atoms with van der Waals surface area (Å²) in [5.41, 5.74) is 0.838. The van der Waals surface area contributed by atoms with Crippen LogP contribution in [-0.2, 0) is 4.74 Å². The van der Waals surface area contributed by atoms with Crippen LogP contribution in [0.1, 0.15) is 19.3 Å². The van der Waals surface area contributed by atoms with Crippen molar-refractivity contribution in [1.82, 2.24) is 4.90 Å². The molecule has 1 aromatic carbocycles. The molecular weight excluding hydrogens is 240 g/mol. The molecule has 1 saturated heterocycles. The van der Waals surface area contributed by atoms with Gasteiger partial charge in [-0.2, -0.15) is 0 Å². The minimum absolute atomic E-state index is 0.0433. The van der Waals surface area contributed by atoms with Crippen molar-refractivity contribution in [1.29, 1.82) is 0 Å². The van der Waals surface area contributed by atoms with Crippen LogP contribution in [0.4, 0.5) is 10.5 Å².